The zero-order valence-corrected chi connectivity index (χ0v) is 12.1. The van der Waals surface area contributed by atoms with Gasteiger partial charge in [0.2, 0.25) is 0 Å². The minimum Gasteiger partial charge on any atom is -0.312 e. The number of rotatable bonds is 4. The Morgan fingerprint density at radius 1 is 1.26 bits per heavy atom. The predicted octanol–water partition coefficient (Wildman–Crippen LogP) is 4.53. The van der Waals surface area contributed by atoms with Gasteiger partial charge in [-0.25, -0.2) is 4.39 Å². The average Bonchev–Trinajstić information content (AvgIpc) is 3.11. The number of aryl methyl sites for hydroxylation is 1. The second-order valence-electron chi connectivity index (χ2n) is 5.29. The fraction of sp³-hybridized carbons (Fsp3) is 0.375. The van der Waals surface area contributed by atoms with E-state index in [1.165, 1.54) is 17.7 Å². The van der Waals surface area contributed by atoms with Gasteiger partial charge in [-0.15, -0.1) is 11.3 Å². The van der Waals surface area contributed by atoms with Crippen molar-refractivity contribution in [1.29, 1.82) is 0 Å². The summed E-state index contributed by atoms with van der Waals surface area (Å²) in [4.78, 5) is 2.35. The number of hydrogen-bond acceptors (Lipinski definition) is 2. The molecule has 3 rings (SSSR count). The molecular weight excluding hydrogens is 257 g/mol. The van der Waals surface area contributed by atoms with E-state index in [4.69, 9.17) is 0 Å². The Labute approximate surface area is 117 Å². The molecule has 1 fully saturated rings. The maximum atomic E-state index is 13.9. The van der Waals surface area contributed by atoms with E-state index in [0.717, 1.165) is 21.9 Å². The Bertz CT molecular complexity index is 586. The van der Waals surface area contributed by atoms with Gasteiger partial charge in [0.1, 0.15) is 5.82 Å². The maximum Gasteiger partial charge on any atom is 0.131 e. The summed E-state index contributed by atoms with van der Waals surface area (Å²) in [5.41, 5.74) is 1.82. The third-order valence-electron chi connectivity index (χ3n) is 3.73. The van der Waals surface area contributed by atoms with Crippen LogP contribution in [0.1, 0.15) is 29.3 Å². The molecule has 1 atom stereocenters. The standard InChI is InChI=1S/C16H18FNS/c1-10-3-6-13(17)12(9-10)14-7-8-15(19-14)16(18-2)11-4-5-11/h3,6-9,11,16,18H,4-5H2,1-2H3. The van der Waals surface area contributed by atoms with Crippen molar-refractivity contribution in [1.82, 2.24) is 5.32 Å². The van der Waals surface area contributed by atoms with Crippen LogP contribution in [-0.4, -0.2) is 7.05 Å². The van der Waals surface area contributed by atoms with Crippen LogP contribution in [0.15, 0.2) is 30.3 Å². The summed E-state index contributed by atoms with van der Waals surface area (Å²) in [5.74, 6) is 0.630. The molecule has 1 aromatic carbocycles. The molecule has 1 aliphatic rings. The summed E-state index contributed by atoms with van der Waals surface area (Å²) >= 11 is 1.71. The lowest BCUT2D eigenvalue weighted by molar-refractivity contribution is 0.537. The van der Waals surface area contributed by atoms with Crippen LogP contribution in [0.25, 0.3) is 10.4 Å². The van der Waals surface area contributed by atoms with Gasteiger partial charge in [-0.2, -0.15) is 0 Å². The number of thiophene rings is 1. The number of halogens is 1. The van der Waals surface area contributed by atoms with Gasteiger partial charge in [-0.05, 0) is 57.0 Å². The lowest BCUT2D eigenvalue weighted by Gasteiger charge is -2.12. The lowest BCUT2D eigenvalue weighted by Crippen LogP contribution is -2.16. The van der Waals surface area contributed by atoms with Gasteiger partial charge in [-0.3, -0.25) is 0 Å². The van der Waals surface area contributed by atoms with Crippen LogP contribution in [0.5, 0.6) is 0 Å². The van der Waals surface area contributed by atoms with E-state index in [1.807, 2.05) is 32.2 Å². The largest absolute Gasteiger partial charge is 0.312 e. The van der Waals surface area contributed by atoms with E-state index in [-0.39, 0.29) is 5.82 Å². The Morgan fingerprint density at radius 3 is 2.74 bits per heavy atom. The highest BCUT2D eigenvalue weighted by Crippen LogP contribution is 2.44. The molecule has 1 N–H and O–H groups in total. The molecule has 1 nitrogen and oxygen atoms in total. The SMILES string of the molecule is CNC(c1ccc(-c2cc(C)ccc2F)s1)C1CC1. The molecule has 0 aliphatic heterocycles. The Morgan fingerprint density at radius 2 is 2.05 bits per heavy atom. The van der Waals surface area contributed by atoms with Crippen molar-refractivity contribution in [3.05, 3.63) is 46.6 Å². The molecule has 0 saturated heterocycles. The molecule has 1 aliphatic carbocycles. The Kier molecular flexibility index (Phi) is 3.42. The van der Waals surface area contributed by atoms with Crippen LogP contribution >= 0.6 is 11.3 Å². The molecule has 100 valence electrons. The number of hydrogen-bond donors (Lipinski definition) is 1. The van der Waals surface area contributed by atoms with Crippen LogP contribution in [0.3, 0.4) is 0 Å². The van der Waals surface area contributed by atoms with Gasteiger partial charge < -0.3 is 5.32 Å². The minimum atomic E-state index is -0.133. The molecule has 1 heterocycles. The normalized spacial score (nSPS) is 16.6. The fourth-order valence-corrected chi connectivity index (χ4v) is 3.76. The molecule has 0 amide bonds. The molecule has 19 heavy (non-hydrogen) atoms. The third-order valence-corrected chi connectivity index (χ3v) is 4.93. The molecule has 0 spiro atoms. The molecule has 1 aromatic heterocycles. The number of nitrogens with one attached hydrogen (secondary N) is 1. The Balaban J connectivity index is 1.94. The van der Waals surface area contributed by atoms with Crippen molar-refractivity contribution in [3.8, 4) is 10.4 Å². The van der Waals surface area contributed by atoms with Gasteiger partial charge in [0.25, 0.3) is 0 Å². The maximum absolute atomic E-state index is 13.9. The summed E-state index contributed by atoms with van der Waals surface area (Å²) < 4.78 is 13.9. The topological polar surface area (TPSA) is 12.0 Å². The molecule has 0 radical (unpaired) electrons. The van der Waals surface area contributed by atoms with Crippen molar-refractivity contribution in [2.75, 3.05) is 7.05 Å². The van der Waals surface area contributed by atoms with Gasteiger partial charge in [0.15, 0.2) is 0 Å². The van der Waals surface area contributed by atoms with E-state index in [9.17, 15) is 4.39 Å². The van der Waals surface area contributed by atoms with E-state index in [2.05, 4.69) is 11.4 Å². The van der Waals surface area contributed by atoms with Crippen LogP contribution in [0, 0.1) is 18.7 Å². The second-order valence-corrected chi connectivity index (χ2v) is 6.40. The summed E-state index contributed by atoms with van der Waals surface area (Å²) in [7, 11) is 2.01. The van der Waals surface area contributed by atoms with Crippen molar-refractivity contribution in [2.24, 2.45) is 5.92 Å². The average molecular weight is 275 g/mol. The molecule has 0 bridgehead atoms. The lowest BCUT2D eigenvalue weighted by atomic mass is 10.1. The first kappa shape index (κ1) is 12.8. The third kappa shape index (κ3) is 2.58. The predicted molar refractivity (Wildman–Crippen MR) is 79.0 cm³/mol. The molecule has 1 saturated carbocycles. The van der Waals surface area contributed by atoms with Crippen LogP contribution in [0.2, 0.25) is 0 Å². The van der Waals surface area contributed by atoms with Crippen molar-refractivity contribution < 1.29 is 4.39 Å². The van der Waals surface area contributed by atoms with Gasteiger partial charge >= 0.3 is 0 Å². The highest BCUT2D eigenvalue weighted by atomic mass is 32.1. The van der Waals surface area contributed by atoms with Crippen LogP contribution in [0.4, 0.5) is 4.39 Å². The molecule has 2 aromatic rings. The zero-order valence-electron chi connectivity index (χ0n) is 11.2. The summed E-state index contributed by atoms with van der Waals surface area (Å²) in [5, 5.41) is 3.39. The van der Waals surface area contributed by atoms with Gasteiger partial charge in [0, 0.05) is 21.4 Å². The fourth-order valence-electron chi connectivity index (χ4n) is 2.53. The van der Waals surface area contributed by atoms with Crippen LogP contribution in [-0.2, 0) is 0 Å². The number of benzene rings is 1. The first-order chi connectivity index (χ1) is 9.19. The molecule has 3 heteroatoms. The highest BCUT2D eigenvalue weighted by molar-refractivity contribution is 7.15. The Hall–Kier alpha value is -1.19. The summed E-state index contributed by atoms with van der Waals surface area (Å²) in [6, 6.07) is 9.92. The monoisotopic (exact) mass is 275 g/mol. The van der Waals surface area contributed by atoms with Crippen molar-refractivity contribution in [3.63, 3.8) is 0 Å². The minimum absolute atomic E-state index is 0.133. The van der Waals surface area contributed by atoms with E-state index < -0.39 is 0 Å². The molecule has 1 unspecified atom stereocenters. The van der Waals surface area contributed by atoms with Gasteiger partial charge in [-0.1, -0.05) is 11.6 Å². The smallest absolute Gasteiger partial charge is 0.131 e. The van der Waals surface area contributed by atoms with E-state index in [1.54, 1.807) is 17.4 Å². The first-order valence-electron chi connectivity index (χ1n) is 6.72. The summed E-state index contributed by atoms with van der Waals surface area (Å²) in [6.45, 7) is 2.00. The van der Waals surface area contributed by atoms with E-state index in [0.29, 0.717) is 6.04 Å². The molecular formula is C16H18FNS. The quantitative estimate of drug-likeness (QED) is 0.864. The first-order valence-corrected chi connectivity index (χ1v) is 7.54. The van der Waals surface area contributed by atoms with Crippen molar-refractivity contribution in [2.45, 2.75) is 25.8 Å². The van der Waals surface area contributed by atoms with Crippen LogP contribution < -0.4 is 5.32 Å². The van der Waals surface area contributed by atoms with Crippen molar-refractivity contribution >= 4 is 11.3 Å². The zero-order chi connectivity index (χ0) is 13.4. The highest BCUT2D eigenvalue weighted by Gasteiger charge is 2.32. The van der Waals surface area contributed by atoms with E-state index >= 15 is 0 Å². The summed E-state index contributed by atoms with van der Waals surface area (Å²) in [6.07, 6.45) is 2.61. The second kappa shape index (κ2) is 5.06. The van der Waals surface area contributed by atoms with Gasteiger partial charge in [0.05, 0.1) is 0 Å².